The summed E-state index contributed by atoms with van der Waals surface area (Å²) < 4.78 is 0. The van der Waals surface area contributed by atoms with E-state index in [1.807, 2.05) is 38.5 Å². The predicted octanol–water partition coefficient (Wildman–Crippen LogP) is 5.63. The molecule has 0 unspecified atom stereocenters. The molecule has 0 saturated carbocycles. The van der Waals surface area contributed by atoms with E-state index in [1.54, 1.807) is 6.20 Å². The molecule has 4 aromatic rings. The number of benzene rings is 1. The van der Waals surface area contributed by atoms with Gasteiger partial charge in [-0.2, -0.15) is 0 Å². The number of nitrogens with zero attached hydrogens (tertiary/aromatic N) is 5. The predicted molar refractivity (Wildman–Crippen MR) is 155 cm³/mol. The van der Waals surface area contributed by atoms with E-state index in [0.29, 0.717) is 11.2 Å². The Kier molecular flexibility index (Phi) is 8.51. The molecular weight excluding hydrogens is 466 g/mol. The van der Waals surface area contributed by atoms with Gasteiger partial charge in [0.25, 0.3) is 0 Å². The number of hydrogen-bond donors (Lipinski definition) is 2. The van der Waals surface area contributed by atoms with Crippen molar-refractivity contribution in [2.75, 3.05) is 50.2 Å². The molecule has 188 valence electrons. The van der Waals surface area contributed by atoms with Crippen LogP contribution in [0.15, 0.2) is 61.1 Å². The van der Waals surface area contributed by atoms with Crippen molar-refractivity contribution in [3.8, 4) is 10.4 Å². The fourth-order valence-corrected chi connectivity index (χ4v) is 5.03. The molecule has 3 N–H and O–H groups in total. The van der Waals surface area contributed by atoms with Crippen LogP contribution in [0.4, 0.5) is 16.8 Å². The van der Waals surface area contributed by atoms with Crippen molar-refractivity contribution in [3.63, 3.8) is 0 Å². The van der Waals surface area contributed by atoms with E-state index in [0.717, 1.165) is 32.8 Å². The molecule has 5 rings (SSSR count). The van der Waals surface area contributed by atoms with Gasteiger partial charge in [-0.05, 0) is 80.7 Å². The van der Waals surface area contributed by atoms with Gasteiger partial charge in [-0.3, -0.25) is 0 Å². The lowest BCUT2D eigenvalue weighted by atomic mass is 10.0. The molecule has 1 aliphatic rings. The Morgan fingerprint density at radius 3 is 2.56 bits per heavy atom. The van der Waals surface area contributed by atoms with E-state index in [-0.39, 0.29) is 0 Å². The maximum absolute atomic E-state index is 5.66. The van der Waals surface area contributed by atoms with Crippen LogP contribution >= 0.6 is 11.3 Å². The zero-order valence-corrected chi connectivity index (χ0v) is 22.3. The summed E-state index contributed by atoms with van der Waals surface area (Å²) in [6.07, 6.45) is 12.2. The summed E-state index contributed by atoms with van der Waals surface area (Å²) in [6.45, 7) is 4.41. The second kappa shape index (κ2) is 12.0. The molecule has 7 nitrogen and oxygen atoms in total. The molecule has 3 aromatic heterocycles. The van der Waals surface area contributed by atoms with Crippen molar-refractivity contribution in [2.45, 2.75) is 25.8 Å². The van der Waals surface area contributed by atoms with E-state index in [9.17, 15) is 0 Å². The van der Waals surface area contributed by atoms with Crippen LogP contribution in [0, 0.1) is 0 Å². The van der Waals surface area contributed by atoms with Crippen molar-refractivity contribution < 1.29 is 0 Å². The smallest absolute Gasteiger partial charge is 0.180 e. The summed E-state index contributed by atoms with van der Waals surface area (Å²) in [5.41, 5.74) is 8.02. The number of hydrogen-bond acceptors (Lipinski definition) is 8. The van der Waals surface area contributed by atoms with Crippen LogP contribution in [-0.4, -0.2) is 60.1 Å². The number of aromatic nitrogens is 3. The molecule has 0 amide bonds. The summed E-state index contributed by atoms with van der Waals surface area (Å²) in [6, 6.07) is 13.1. The van der Waals surface area contributed by atoms with Crippen molar-refractivity contribution in [3.05, 3.63) is 66.6 Å². The summed E-state index contributed by atoms with van der Waals surface area (Å²) >= 11 is 1.49. The van der Waals surface area contributed by atoms with Gasteiger partial charge in [-0.25, -0.2) is 15.0 Å². The van der Waals surface area contributed by atoms with Crippen molar-refractivity contribution in [2.24, 2.45) is 0 Å². The lowest BCUT2D eigenvalue weighted by Gasteiger charge is -2.35. The van der Waals surface area contributed by atoms with Crippen molar-refractivity contribution in [1.29, 1.82) is 0 Å². The third-order valence-electron chi connectivity index (χ3n) is 6.51. The van der Waals surface area contributed by atoms with Gasteiger partial charge in [0.15, 0.2) is 5.13 Å². The van der Waals surface area contributed by atoms with E-state index in [2.05, 4.69) is 80.6 Å². The number of nitrogens with two attached hydrogens (primary N) is 1. The number of rotatable bonds is 5. The van der Waals surface area contributed by atoms with Crippen LogP contribution in [0.1, 0.15) is 25.3 Å². The Morgan fingerprint density at radius 1 is 1.06 bits per heavy atom. The molecule has 1 fully saturated rings. The van der Waals surface area contributed by atoms with Crippen LogP contribution in [0.25, 0.3) is 27.3 Å². The first-order chi connectivity index (χ1) is 17.5. The number of thiazole rings is 1. The number of pyridine rings is 2. The number of likely N-dealkylation sites (tertiary alicyclic amines) is 1. The molecular formula is C28H35N7S. The molecule has 0 atom stereocenters. The SMILES string of the molecule is C/C=C\c1ccnc(N(C)C2CCN(C)CC2)c1.CNc1cc2cc(-c3cnc(N)s3)ccc2cn1. The van der Waals surface area contributed by atoms with Gasteiger partial charge in [0.2, 0.25) is 0 Å². The first-order valence-electron chi connectivity index (χ1n) is 12.3. The molecule has 0 radical (unpaired) electrons. The molecule has 8 heteroatoms. The highest BCUT2D eigenvalue weighted by atomic mass is 32.1. The molecule has 1 aromatic carbocycles. The van der Waals surface area contributed by atoms with Gasteiger partial charge in [0.1, 0.15) is 11.6 Å². The van der Waals surface area contributed by atoms with E-state index in [1.165, 1.54) is 42.8 Å². The monoisotopic (exact) mass is 501 g/mol. The first kappa shape index (κ1) is 25.6. The minimum absolute atomic E-state index is 0.593. The average Bonchev–Trinajstić information content (AvgIpc) is 3.35. The zero-order chi connectivity index (χ0) is 25.5. The Morgan fingerprint density at radius 2 is 1.86 bits per heavy atom. The van der Waals surface area contributed by atoms with Gasteiger partial charge in [-0.15, -0.1) is 0 Å². The second-order valence-electron chi connectivity index (χ2n) is 9.04. The lowest BCUT2D eigenvalue weighted by Crippen LogP contribution is -2.42. The Hall–Kier alpha value is -3.49. The van der Waals surface area contributed by atoms with Gasteiger partial charge >= 0.3 is 0 Å². The van der Waals surface area contributed by atoms with Gasteiger partial charge < -0.3 is 20.9 Å². The highest BCUT2D eigenvalue weighted by Gasteiger charge is 2.21. The van der Waals surface area contributed by atoms with E-state index < -0.39 is 0 Å². The number of fused-ring (bicyclic) bond motifs is 1. The minimum Gasteiger partial charge on any atom is -0.375 e. The number of piperidine rings is 1. The highest BCUT2D eigenvalue weighted by Crippen LogP contribution is 2.30. The highest BCUT2D eigenvalue weighted by molar-refractivity contribution is 7.18. The third kappa shape index (κ3) is 6.38. The van der Waals surface area contributed by atoms with Gasteiger partial charge in [0, 0.05) is 44.1 Å². The quantitative estimate of drug-likeness (QED) is 0.367. The molecule has 4 heterocycles. The molecule has 36 heavy (non-hydrogen) atoms. The molecule has 0 aliphatic carbocycles. The topological polar surface area (TPSA) is 83.2 Å². The van der Waals surface area contributed by atoms with Crippen LogP contribution in [-0.2, 0) is 0 Å². The molecule has 1 saturated heterocycles. The Balaban J connectivity index is 0.000000169. The summed E-state index contributed by atoms with van der Waals surface area (Å²) in [5.74, 6) is 1.95. The van der Waals surface area contributed by atoms with E-state index >= 15 is 0 Å². The first-order valence-corrected chi connectivity index (χ1v) is 13.1. The number of allylic oxidation sites excluding steroid dienone is 1. The Bertz CT molecular complexity index is 1310. The maximum atomic E-state index is 5.66. The second-order valence-corrected chi connectivity index (χ2v) is 10.1. The molecule has 0 bridgehead atoms. The average molecular weight is 502 g/mol. The van der Waals surface area contributed by atoms with Crippen LogP contribution in [0.2, 0.25) is 0 Å². The summed E-state index contributed by atoms with van der Waals surface area (Å²) in [5, 5.41) is 5.91. The van der Waals surface area contributed by atoms with Gasteiger partial charge in [-0.1, -0.05) is 35.6 Å². The van der Waals surface area contributed by atoms with Crippen molar-refractivity contribution >= 4 is 45.0 Å². The standard InChI is InChI=1S/C15H23N3.C13H12N4S/c1-4-5-13-6-9-16-15(12-13)18(3)14-7-10-17(2)11-8-14;1-15-12-5-10-4-8(2-3-9(10)6-16-12)11-7-17-13(14)18-11/h4-6,9,12,14H,7-8,10-11H2,1-3H3;2-7H,1H3,(H2,14,17)(H,15,16)/b5-4-;. The summed E-state index contributed by atoms with van der Waals surface area (Å²) in [4.78, 5) is 18.7. The van der Waals surface area contributed by atoms with Crippen molar-refractivity contribution in [1.82, 2.24) is 19.9 Å². The molecule has 0 spiro atoms. The maximum Gasteiger partial charge on any atom is 0.180 e. The number of anilines is 3. The van der Waals surface area contributed by atoms with E-state index in [4.69, 9.17) is 5.73 Å². The minimum atomic E-state index is 0.593. The zero-order valence-electron chi connectivity index (χ0n) is 21.5. The van der Waals surface area contributed by atoms with Crippen LogP contribution < -0.4 is 16.0 Å². The number of nitrogen functional groups attached to an aromatic ring is 1. The lowest BCUT2D eigenvalue weighted by molar-refractivity contribution is 0.252. The van der Waals surface area contributed by atoms with Gasteiger partial charge in [0.05, 0.1) is 4.88 Å². The fraction of sp³-hybridized carbons (Fsp3) is 0.321. The van der Waals surface area contributed by atoms with Crippen LogP contribution in [0.5, 0.6) is 0 Å². The Labute approximate surface area is 217 Å². The third-order valence-corrected chi connectivity index (χ3v) is 7.39. The molecule has 1 aliphatic heterocycles. The fourth-order valence-electron chi connectivity index (χ4n) is 4.34. The largest absolute Gasteiger partial charge is 0.375 e. The van der Waals surface area contributed by atoms with Crippen LogP contribution in [0.3, 0.4) is 0 Å². The normalized spacial score (nSPS) is 14.6. The number of nitrogens with one attached hydrogen (secondary N) is 1. The summed E-state index contributed by atoms with van der Waals surface area (Å²) in [7, 11) is 6.22.